The summed E-state index contributed by atoms with van der Waals surface area (Å²) in [6, 6.07) is 15.2. The van der Waals surface area contributed by atoms with Crippen LogP contribution in [0, 0.1) is 0 Å². The van der Waals surface area contributed by atoms with Crippen molar-refractivity contribution in [2.45, 2.75) is 0 Å². The van der Waals surface area contributed by atoms with Crippen LogP contribution in [0.3, 0.4) is 0 Å². The third kappa shape index (κ3) is 3.61. The highest BCUT2D eigenvalue weighted by Gasteiger charge is 2.15. The Labute approximate surface area is 147 Å². The van der Waals surface area contributed by atoms with E-state index in [1.807, 2.05) is 0 Å². The van der Waals surface area contributed by atoms with Gasteiger partial charge in [-0.15, -0.1) is 0 Å². The van der Waals surface area contributed by atoms with Crippen molar-refractivity contribution in [2.24, 2.45) is 0 Å². The molecule has 24 heavy (non-hydrogen) atoms. The van der Waals surface area contributed by atoms with Crippen molar-refractivity contribution < 1.29 is 9.21 Å². The molecule has 0 radical (unpaired) electrons. The summed E-state index contributed by atoms with van der Waals surface area (Å²) in [5, 5.41) is 6.59. The molecule has 0 fully saturated rings. The fraction of sp³-hybridized carbons (Fsp3) is 0. The Morgan fingerprint density at radius 3 is 2.54 bits per heavy atom. The zero-order valence-electron chi connectivity index (χ0n) is 12.2. The van der Waals surface area contributed by atoms with Gasteiger partial charge in [0.05, 0.1) is 0 Å². The second-order valence-electron chi connectivity index (χ2n) is 4.90. The lowest BCUT2D eigenvalue weighted by Gasteiger charge is -2.09. The Bertz CT molecular complexity index is 983. The molecule has 1 aromatic heterocycles. The maximum Gasteiger partial charge on any atom is 0.349 e. The van der Waals surface area contributed by atoms with Gasteiger partial charge in [0.2, 0.25) is 0 Å². The Morgan fingerprint density at radius 1 is 1.08 bits per heavy atom. The monoisotopic (exact) mass is 358 g/mol. The number of hydrogen-bond donors (Lipinski definition) is 2. The molecular formula is C17H11ClN2O3S. The van der Waals surface area contributed by atoms with Crippen LogP contribution in [0.5, 0.6) is 0 Å². The van der Waals surface area contributed by atoms with Crippen molar-refractivity contribution >= 4 is 51.5 Å². The van der Waals surface area contributed by atoms with E-state index in [2.05, 4.69) is 10.6 Å². The third-order valence-electron chi connectivity index (χ3n) is 3.22. The van der Waals surface area contributed by atoms with E-state index in [-0.39, 0.29) is 10.7 Å². The van der Waals surface area contributed by atoms with Crippen LogP contribution in [0.15, 0.2) is 63.8 Å². The molecule has 120 valence electrons. The second-order valence-corrected chi connectivity index (χ2v) is 5.75. The zero-order valence-corrected chi connectivity index (χ0v) is 13.8. The van der Waals surface area contributed by atoms with Gasteiger partial charge in [-0.05, 0) is 48.6 Å². The summed E-state index contributed by atoms with van der Waals surface area (Å²) < 4.78 is 5.13. The number of carbonyl (C=O) groups is 1. The van der Waals surface area contributed by atoms with Crippen molar-refractivity contribution in [2.75, 3.05) is 5.32 Å². The van der Waals surface area contributed by atoms with E-state index in [0.717, 1.165) is 0 Å². The molecule has 3 rings (SSSR count). The zero-order chi connectivity index (χ0) is 17.1. The molecule has 0 saturated heterocycles. The minimum Gasteiger partial charge on any atom is -0.422 e. The van der Waals surface area contributed by atoms with Gasteiger partial charge in [-0.1, -0.05) is 29.8 Å². The van der Waals surface area contributed by atoms with Crippen LogP contribution < -0.4 is 16.3 Å². The Morgan fingerprint density at radius 2 is 1.79 bits per heavy atom. The van der Waals surface area contributed by atoms with E-state index in [4.69, 9.17) is 28.2 Å². The smallest absolute Gasteiger partial charge is 0.349 e. The number of nitrogens with one attached hydrogen (secondary N) is 2. The molecule has 2 N–H and O–H groups in total. The fourth-order valence-corrected chi connectivity index (χ4v) is 2.42. The molecule has 0 bridgehead atoms. The summed E-state index contributed by atoms with van der Waals surface area (Å²) in [7, 11) is 0. The molecular weight excluding hydrogens is 348 g/mol. The molecule has 3 aromatic rings. The molecule has 2 aromatic carbocycles. The molecule has 7 heteroatoms. The molecule has 0 spiro atoms. The van der Waals surface area contributed by atoms with E-state index in [9.17, 15) is 9.59 Å². The van der Waals surface area contributed by atoms with Crippen LogP contribution in [0.1, 0.15) is 10.4 Å². The van der Waals surface area contributed by atoms with Crippen LogP contribution in [0.2, 0.25) is 5.02 Å². The lowest BCUT2D eigenvalue weighted by Crippen LogP contribution is -2.36. The molecule has 0 saturated carbocycles. The van der Waals surface area contributed by atoms with Gasteiger partial charge in [-0.3, -0.25) is 10.1 Å². The number of carbonyl (C=O) groups excluding carboxylic acids is 1. The normalized spacial score (nSPS) is 10.4. The standard InChI is InChI=1S/C17H11ClN2O3S/c18-11-5-7-12(8-6-11)19-17(24)20-15(21)13-9-10-3-1-2-4-14(10)23-16(13)22/h1-9H,(H2,19,20,21,24). The number of halogens is 1. The van der Waals surface area contributed by atoms with Crippen LogP contribution in [-0.2, 0) is 0 Å². The first kappa shape index (κ1) is 16.2. The Hall–Kier alpha value is -2.70. The average molecular weight is 359 g/mol. The topological polar surface area (TPSA) is 71.3 Å². The number of rotatable bonds is 2. The van der Waals surface area contributed by atoms with Crippen molar-refractivity contribution in [1.82, 2.24) is 5.32 Å². The third-order valence-corrected chi connectivity index (χ3v) is 3.67. The summed E-state index contributed by atoms with van der Waals surface area (Å²) in [6.45, 7) is 0. The first-order valence-electron chi connectivity index (χ1n) is 6.94. The number of fused-ring (bicyclic) bond motifs is 1. The van der Waals surface area contributed by atoms with Crippen LogP contribution in [0.4, 0.5) is 5.69 Å². The minimum atomic E-state index is -0.722. The molecule has 1 amide bonds. The highest BCUT2D eigenvalue weighted by molar-refractivity contribution is 7.80. The van der Waals surface area contributed by atoms with Gasteiger partial charge >= 0.3 is 5.63 Å². The predicted octanol–water partition coefficient (Wildman–Crippen LogP) is 3.57. The lowest BCUT2D eigenvalue weighted by atomic mass is 10.2. The van der Waals surface area contributed by atoms with Gasteiger partial charge < -0.3 is 9.73 Å². The highest BCUT2D eigenvalue weighted by atomic mass is 35.5. The number of para-hydroxylation sites is 1. The molecule has 0 aliphatic rings. The van der Waals surface area contributed by atoms with Crippen molar-refractivity contribution in [3.05, 3.63) is 75.6 Å². The number of amides is 1. The minimum absolute atomic E-state index is 0.0647. The summed E-state index contributed by atoms with van der Waals surface area (Å²) in [6.07, 6.45) is 0. The summed E-state index contributed by atoms with van der Waals surface area (Å²) >= 11 is 10.9. The largest absolute Gasteiger partial charge is 0.422 e. The quantitative estimate of drug-likeness (QED) is 0.541. The summed E-state index contributed by atoms with van der Waals surface area (Å²) in [5.41, 5.74) is 0.241. The molecule has 1 heterocycles. The Balaban J connectivity index is 1.77. The molecule has 0 aliphatic carbocycles. The van der Waals surface area contributed by atoms with Crippen LogP contribution >= 0.6 is 23.8 Å². The van der Waals surface area contributed by atoms with Gasteiger partial charge in [0.25, 0.3) is 5.91 Å². The van der Waals surface area contributed by atoms with Crippen molar-refractivity contribution in [3.8, 4) is 0 Å². The van der Waals surface area contributed by atoms with Gasteiger partial charge in [0, 0.05) is 16.1 Å². The molecule has 0 aliphatic heterocycles. The maximum absolute atomic E-state index is 12.2. The van der Waals surface area contributed by atoms with Gasteiger partial charge in [0.1, 0.15) is 11.1 Å². The second kappa shape index (κ2) is 6.82. The Kier molecular flexibility index (Phi) is 4.59. The summed E-state index contributed by atoms with van der Waals surface area (Å²) in [5.74, 6) is -0.638. The highest BCUT2D eigenvalue weighted by Crippen LogP contribution is 2.14. The molecule has 0 atom stereocenters. The SMILES string of the molecule is O=C(NC(=S)Nc1ccc(Cl)cc1)c1cc2ccccc2oc1=O. The average Bonchev–Trinajstić information content (AvgIpc) is 2.56. The number of hydrogen-bond acceptors (Lipinski definition) is 4. The first-order chi connectivity index (χ1) is 11.5. The van der Waals surface area contributed by atoms with E-state index < -0.39 is 11.5 Å². The van der Waals surface area contributed by atoms with E-state index in [0.29, 0.717) is 21.7 Å². The number of anilines is 1. The van der Waals surface area contributed by atoms with E-state index in [1.54, 1.807) is 48.5 Å². The number of benzene rings is 2. The predicted molar refractivity (Wildman–Crippen MR) is 97.6 cm³/mol. The van der Waals surface area contributed by atoms with Gasteiger partial charge in [-0.2, -0.15) is 0 Å². The van der Waals surface area contributed by atoms with Crippen LogP contribution in [0.25, 0.3) is 11.0 Å². The maximum atomic E-state index is 12.2. The summed E-state index contributed by atoms with van der Waals surface area (Å²) in [4.78, 5) is 24.2. The molecule has 5 nitrogen and oxygen atoms in total. The van der Waals surface area contributed by atoms with E-state index in [1.165, 1.54) is 6.07 Å². The van der Waals surface area contributed by atoms with Gasteiger partial charge in [-0.25, -0.2) is 4.79 Å². The van der Waals surface area contributed by atoms with Crippen molar-refractivity contribution in [1.29, 1.82) is 0 Å². The van der Waals surface area contributed by atoms with Crippen molar-refractivity contribution in [3.63, 3.8) is 0 Å². The number of thiocarbonyl (C=S) groups is 1. The van der Waals surface area contributed by atoms with Gasteiger partial charge in [0.15, 0.2) is 5.11 Å². The molecule has 0 unspecified atom stereocenters. The van der Waals surface area contributed by atoms with E-state index >= 15 is 0 Å². The first-order valence-corrected chi connectivity index (χ1v) is 7.72. The van der Waals surface area contributed by atoms with Crippen LogP contribution in [-0.4, -0.2) is 11.0 Å². The fourth-order valence-electron chi connectivity index (χ4n) is 2.09. The lowest BCUT2D eigenvalue weighted by molar-refractivity contribution is 0.0974.